The molecule has 3 heteroatoms. The van der Waals surface area contributed by atoms with Gasteiger partial charge in [0.2, 0.25) is 0 Å². The van der Waals surface area contributed by atoms with Gasteiger partial charge < -0.3 is 5.32 Å². The van der Waals surface area contributed by atoms with Crippen LogP contribution in [-0.2, 0) is 6.42 Å². The number of aromatic nitrogens is 1. The minimum Gasteiger partial charge on any atom is -0.363 e. The number of hydrogen-bond acceptors (Lipinski definition) is 2. The zero-order valence-electron chi connectivity index (χ0n) is 18.5. The Morgan fingerprint density at radius 3 is 2.43 bits per heavy atom. The van der Waals surface area contributed by atoms with Crippen LogP contribution in [0.15, 0.2) is 66.7 Å². The molecule has 0 bridgehead atoms. The predicted octanol–water partition coefficient (Wildman–Crippen LogP) is 7.46. The third-order valence-corrected chi connectivity index (χ3v) is 6.45. The van der Waals surface area contributed by atoms with Crippen LogP contribution in [0.2, 0.25) is 0 Å². The van der Waals surface area contributed by atoms with Gasteiger partial charge in [-0.3, -0.25) is 0 Å². The second-order valence-corrected chi connectivity index (χ2v) is 13.4. The number of benzene rings is 3. The van der Waals surface area contributed by atoms with Gasteiger partial charge in [0.25, 0.3) is 0 Å². The molecular weight excluding hydrogens is 384 g/mol. The zero-order chi connectivity index (χ0) is 21.1. The predicted molar refractivity (Wildman–Crippen MR) is 137 cm³/mol. The third-order valence-electron chi connectivity index (χ3n) is 5.44. The lowest BCUT2D eigenvalue weighted by atomic mass is 9.93. The Balaban J connectivity index is 1.86. The molecule has 0 amide bonds. The number of unbranched alkanes of at least 4 members (excludes halogenated alkanes) is 1. The Kier molecular flexibility index (Phi) is 6.01. The van der Waals surface area contributed by atoms with Gasteiger partial charge in [0.1, 0.15) is 5.82 Å². The highest BCUT2D eigenvalue weighted by atomic mass is 32.3. The van der Waals surface area contributed by atoms with Gasteiger partial charge in [0.15, 0.2) is 0 Å². The van der Waals surface area contributed by atoms with E-state index in [0.29, 0.717) is 0 Å². The number of pyridine rings is 1. The van der Waals surface area contributed by atoms with Crippen molar-refractivity contribution < 1.29 is 0 Å². The van der Waals surface area contributed by atoms with Crippen LogP contribution in [0.4, 0.5) is 5.82 Å². The first kappa shape index (κ1) is 20.7. The molecule has 0 aliphatic rings. The highest BCUT2D eigenvalue weighted by Crippen LogP contribution is 2.37. The molecule has 0 fully saturated rings. The molecule has 1 aromatic heterocycles. The number of anilines is 1. The van der Waals surface area contributed by atoms with E-state index >= 15 is 0 Å². The van der Waals surface area contributed by atoms with E-state index < -0.39 is 10.0 Å². The number of fused-ring (bicyclic) bond motifs is 2. The summed E-state index contributed by atoms with van der Waals surface area (Å²) in [6, 6.07) is 24.3. The van der Waals surface area contributed by atoms with Crippen molar-refractivity contribution >= 4 is 37.4 Å². The van der Waals surface area contributed by atoms with Gasteiger partial charge >= 0.3 is 0 Å². The summed E-state index contributed by atoms with van der Waals surface area (Å²) < 4.78 is 0. The van der Waals surface area contributed by atoms with Crippen LogP contribution >= 0.6 is 10.0 Å². The van der Waals surface area contributed by atoms with Gasteiger partial charge in [-0.1, -0.05) is 61.9 Å². The Morgan fingerprint density at radius 2 is 1.63 bits per heavy atom. The van der Waals surface area contributed by atoms with Gasteiger partial charge in [-0.05, 0) is 76.9 Å². The van der Waals surface area contributed by atoms with Crippen molar-refractivity contribution in [2.24, 2.45) is 0 Å². The van der Waals surface area contributed by atoms with E-state index in [-0.39, 0.29) is 0 Å². The molecule has 0 spiro atoms. The van der Waals surface area contributed by atoms with Crippen molar-refractivity contribution in [2.75, 3.05) is 30.0 Å². The average Bonchev–Trinajstić information content (AvgIpc) is 2.74. The van der Waals surface area contributed by atoms with E-state index in [2.05, 4.69) is 97.7 Å². The Hall–Kier alpha value is -2.52. The molecule has 1 heterocycles. The lowest BCUT2D eigenvalue weighted by Gasteiger charge is -2.25. The summed E-state index contributed by atoms with van der Waals surface area (Å²) in [5.41, 5.74) is 3.69. The van der Waals surface area contributed by atoms with Gasteiger partial charge in [0, 0.05) is 11.4 Å². The van der Waals surface area contributed by atoms with Crippen molar-refractivity contribution in [1.82, 2.24) is 4.98 Å². The van der Waals surface area contributed by atoms with Crippen molar-refractivity contribution in [3.05, 3.63) is 72.3 Å². The van der Waals surface area contributed by atoms with Crippen LogP contribution < -0.4 is 5.32 Å². The van der Waals surface area contributed by atoms with Crippen LogP contribution in [-0.4, -0.2) is 29.6 Å². The topological polar surface area (TPSA) is 24.9 Å². The summed E-state index contributed by atoms with van der Waals surface area (Å²) in [7, 11) is -0.633. The fourth-order valence-electron chi connectivity index (χ4n) is 3.90. The van der Waals surface area contributed by atoms with Crippen molar-refractivity contribution in [3.63, 3.8) is 0 Å². The fraction of sp³-hybridized carbons (Fsp3) is 0.296. The summed E-state index contributed by atoms with van der Waals surface area (Å²) in [4.78, 5) is 5.02. The molecule has 0 aliphatic carbocycles. The van der Waals surface area contributed by atoms with Gasteiger partial charge in [0.05, 0.1) is 5.69 Å². The van der Waals surface area contributed by atoms with Crippen LogP contribution in [0, 0.1) is 0 Å². The lowest BCUT2D eigenvalue weighted by Crippen LogP contribution is -2.10. The maximum absolute atomic E-state index is 5.02. The molecule has 156 valence electrons. The summed E-state index contributed by atoms with van der Waals surface area (Å²) in [6.45, 7) is 2.25. The maximum atomic E-state index is 5.02. The molecule has 2 nitrogen and oxygen atoms in total. The Morgan fingerprint density at radius 1 is 0.833 bits per heavy atom. The third kappa shape index (κ3) is 4.62. The minimum absolute atomic E-state index is 0.633. The zero-order valence-corrected chi connectivity index (χ0v) is 19.4. The Labute approximate surface area is 182 Å². The van der Waals surface area contributed by atoms with E-state index in [1.54, 1.807) is 0 Å². The maximum Gasteiger partial charge on any atom is 0.127 e. The quantitative estimate of drug-likeness (QED) is 0.316. The molecule has 0 radical (unpaired) electrons. The fourth-order valence-corrected chi connectivity index (χ4v) is 4.48. The molecule has 1 N–H and O–H groups in total. The number of nitrogens with zero attached hydrogens (tertiary/aromatic N) is 1. The Bertz CT molecular complexity index is 1170. The van der Waals surface area contributed by atoms with Crippen molar-refractivity contribution in [3.8, 4) is 11.3 Å². The summed E-state index contributed by atoms with van der Waals surface area (Å²) in [5, 5.41) is 8.66. The van der Waals surface area contributed by atoms with Gasteiger partial charge in [-0.25, -0.2) is 15.0 Å². The molecule has 0 saturated heterocycles. The van der Waals surface area contributed by atoms with E-state index in [4.69, 9.17) is 4.98 Å². The normalized spacial score (nSPS) is 12.4. The van der Waals surface area contributed by atoms with Gasteiger partial charge in [-0.15, -0.1) is 0 Å². The smallest absolute Gasteiger partial charge is 0.127 e. The number of aryl methyl sites for hydroxylation is 1. The minimum atomic E-state index is -0.633. The molecule has 0 atom stereocenters. The monoisotopic (exact) mass is 416 g/mol. The summed E-state index contributed by atoms with van der Waals surface area (Å²) in [6.07, 6.45) is 10.5. The lowest BCUT2D eigenvalue weighted by molar-refractivity contribution is 0.796. The van der Waals surface area contributed by atoms with Crippen LogP contribution in [0.25, 0.3) is 32.8 Å². The summed E-state index contributed by atoms with van der Waals surface area (Å²) in [5.74, 6) is 1.93. The van der Waals surface area contributed by atoms with Crippen molar-refractivity contribution in [2.45, 2.75) is 26.2 Å². The molecule has 0 aliphatic heterocycles. The largest absolute Gasteiger partial charge is 0.363 e. The molecule has 30 heavy (non-hydrogen) atoms. The molecule has 0 saturated carbocycles. The average molecular weight is 417 g/mol. The highest BCUT2D eigenvalue weighted by Gasteiger charge is 2.13. The first-order valence-corrected chi connectivity index (χ1v) is 13.8. The number of hydrogen-bond donors (Lipinski definition) is 1. The number of nitrogens with one attached hydrogen (secondary N) is 1. The SMILES string of the molecule is CCCCc1ccc2c(-c3cccc(NCS(C)(C)C)n3)c3ccccc3cc2c1. The van der Waals surface area contributed by atoms with Crippen LogP contribution in [0.3, 0.4) is 0 Å². The standard InChI is InChI=1S/C27H32N2S/c1-5-6-10-20-15-16-24-22(17-20)18-21-11-7-8-12-23(21)27(24)25-13-9-14-26(29-25)28-19-30(2,3)4/h7-9,11-18H,5-6,10,19H2,1-4H3,(H,28,29). The van der Waals surface area contributed by atoms with Crippen molar-refractivity contribution in [1.29, 1.82) is 0 Å². The van der Waals surface area contributed by atoms with E-state index in [9.17, 15) is 0 Å². The van der Waals surface area contributed by atoms with Crippen LogP contribution in [0.1, 0.15) is 25.3 Å². The van der Waals surface area contributed by atoms with E-state index in [1.165, 1.54) is 45.5 Å². The van der Waals surface area contributed by atoms with E-state index in [0.717, 1.165) is 23.8 Å². The first-order valence-electron chi connectivity index (χ1n) is 10.8. The first-order chi connectivity index (χ1) is 14.4. The second-order valence-electron chi connectivity index (χ2n) is 8.95. The van der Waals surface area contributed by atoms with E-state index in [1.807, 2.05) is 0 Å². The molecular formula is C27H32N2S. The number of rotatable bonds is 7. The molecule has 0 unspecified atom stereocenters. The van der Waals surface area contributed by atoms with Gasteiger partial charge in [-0.2, -0.15) is 0 Å². The second kappa shape index (κ2) is 8.69. The molecule has 4 rings (SSSR count). The van der Waals surface area contributed by atoms with Crippen LogP contribution in [0.5, 0.6) is 0 Å². The molecule has 3 aromatic carbocycles. The molecule has 4 aromatic rings. The highest BCUT2D eigenvalue weighted by molar-refractivity contribution is 8.32. The summed E-state index contributed by atoms with van der Waals surface area (Å²) >= 11 is 0.